The molecule has 1 aromatic carbocycles. The zero-order valence-electron chi connectivity index (χ0n) is 19.4. The molecule has 2 rings (SSSR count). The standard InChI is InChI=1S/C24H37N3O3/c1-7-11-25(21(28)13-19(3)14-24(4,5)6)15-22(29)26-16-23(30)27(17-26)20-10-8-9-18(2)12-20/h8-10,12,19H,7,11,13-17H2,1-6H3/t19-/m0/s1. The van der Waals surface area contributed by atoms with E-state index in [0.717, 1.165) is 24.1 Å². The van der Waals surface area contributed by atoms with Gasteiger partial charge in [-0.05, 0) is 48.8 Å². The zero-order chi connectivity index (χ0) is 22.5. The number of aryl methyl sites for hydroxylation is 1. The molecular weight excluding hydrogens is 378 g/mol. The first kappa shape index (κ1) is 23.9. The van der Waals surface area contributed by atoms with Crippen molar-refractivity contribution in [2.45, 2.75) is 60.8 Å². The Kier molecular flexibility index (Phi) is 8.04. The Balaban J connectivity index is 1.99. The normalized spacial score (nSPS) is 15.5. The molecule has 0 unspecified atom stereocenters. The lowest BCUT2D eigenvalue weighted by molar-refractivity contribution is -0.140. The molecule has 3 amide bonds. The van der Waals surface area contributed by atoms with Crippen molar-refractivity contribution < 1.29 is 14.4 Å². The topological polar surface area (TPSA) is 60.9 Å². The Morgan fingerprint density at radius 2 is 1.93 bits per heavy atom. The third-order valence-corrected chi connectivity index (χ3v) is 5.26. The van der Waals surface area contributed by atoms with E-state index in [9.17, 15) is 14.4 Å². The molecule has 0 spiro atoms. The van der Waals surface area contributed by atoms with E-state index in [2.05, 4.69) is 27.7 Å². The summed E-state index contributed by atoms with van der Waals surface area (Å²) in [6.45, 7) is 13.5. The fraction of sp³-hybridized carbons (Fsp3) is 0.625. The summed E-state index contributed by atoms with van der Waals surface area (Å²) < 4.78 is 0. The average molecular weight is 416 g/mol. The van der Waals surface area contributed by atoms with Crippen LogP contribution in [-0.2, 0) is 14.4 Å². The number of rotatable bonds is 8. The predicted octanol–water partition coefficient (Wildman–Crippen LogP) is 3.83. The van der Waals surface area contributed by atoms with Crippen molar-refractivity contribution in [2.24, 2.45) is 11.3 Å². The summed E-state index contributed by atoms with van der Waals surface area (Å²) in [6, 6.07) is 7.70. The lowest BCUT2D eigenvalue weighted by Crippen LogP contribution is -2.43. The lowest BCUT2D eigenvalue weighted by atomic mass is 9.84. The molecule has 6 nitrogen and oxygen atoms in total. The van der Waals surface area contributed by atoms with E-state index in [0.29, 0.717) is 13.0 Å². The molecule has 1 fully saturated rings. The van der Waals surface area contributed by atoms with Gasteiger partial charge in [-0.15, -0.1) is 0 Å². The molecule has 1 aliphatic heterocycles. The maximum absolute atomic E-state index is 12.9. The van der Waals surface area contributed by atoms with E-state index in [1.807, 2.05) is 38.1 Å². The van der Waals surface area contributed by atoms with E-state index < -0.39 is 0 Å². The van der Waals surface area contributed by atoms with Crippen LogP contribution in [0.15, 0.2) is 24.3 Å². The van der Waals surface area contributed by atoms with Gasteiger partial charge in [0.15, 0.2) is 0 Å². The molecule has 0 saturated carbocycles. The molecule has 6 heteroatoms. The van der Waals surface area contributed by atoms with Crippen molar-refractivity contribution in [1.29, 1.82) is 0 Å². The molecule has 0 aromatic heterocycles. The van der Waals surface area contributed by atoms with Crippen molar-refractivity contribution in [3.8, 4) is 0 Å². The van der Waals surface area contributed by atoms with E-state index in [1.165, 1.54) is 0 Å². The molecule has 1 aliphatic rings. The molecular formula is C24H37N3O3. The van der Waals surface area contributed by atoms with Gasteiger partial charge >= 0.3 is 0 Å². The molecule has 1 aromatic rings. The number of hydrogen-bond acceptors (Lipinski definition) is 3. The van der Waals surface area contributed by atoms with Gasteiger partial charge in [-0.1, -0.05) is 46.8 Å². The highest BCUT2D eigenvalue weighted by molar-refractivity contribution is 6.00. The Hall–Kier alpha value is -2.37. The second kappa shape index (κ2) is 10.1. The van der Waals surface area contributed by atoms with Crippen LogP contribution in [0.25, 0.3) is 0 Å². The van der Waals surface area contributed by atoms with E-state index in [-0.39, 0.29) is 48.8 Å². The Labute approximate surface area is 181 Å². The van der Waals surface area contributed by atoms with Crippen LogP contribution in [0.2, 0.25) is 0 Å². The number of amides is 3. The highest BCUT2D eigenvalue weighted by atomic mass is 16.2. The van der Waals surface area contributed by atoms with Crippen LogP contribution < -0.4 is 4.90 Å². The molecule has 0 N–H and O–H groups in total. The first-order valence-corrected chi connectivity index (χ1v) is 10.9. The maximum atomic E-state index is 12.9. The quantitative estimate of drug-likeness (QED) is 0.648. The Morgan fingerprint density at radius 1 is 1.23 bits per heavy atom. The highest BCUT2D eigenvalue weighted by Crippen LogP contribution is 2.26. The number of carbonyl (C=O) groups excluding carboxylic acids is 3. The minimum atomic E-state index is -0.177. The smallest absolute Gasteiger partial charge is 0.248 e. The van der Waals surface area contributed by atoms with Crippen molar-refractivity contribution in [3.05, 3.63) is 29.8 Å². The van der Waals surface area contributed by atoms with E-state index in [4.69, 9.17) is 0 Å². The summed E-state index contributed by atoms with van der Waals surface area (Å²) in [5.41, 5.74) is 2.03. The molecule has 0 bridgehead atoms. The van der Waals surface area contributed by atoms with Crippen molar-refractivity contribution in [3.63, 3.8) is 0 Å². The van der Waals surface area contributed by atoms with Gasteiger partial charge in [0.25, 0.3) is 0 Å². The molecule has 1 atom stereocenters. The van der Waals surface area contributed by atoms with Crippen LogP contribution in [0.4, 0.5) is 5.69 Å². The van der Waals surface area contributed by atoms with E-state index in [1.54, 1.807) is 14.7 Å². The number of anilines is 1. The van der Waals surface area contributed by atoms with E-state index >= 15 is 0 Å². The summed E-state index contributed by atoms with van der Waals surface area (Å²) in [6.07, 6.45) is 2.19. The zero-order valence-corrected chi connectivity index (χ0v) is 19.4. The molecule has 30 heavy (non-hydrogen) atoms. The molecule has 1 heterocycles. The number of hydrogen-bond donors (Lipinski definition) is 0. The fourth-order valence-electron chi connectivity index (χ4n) is 4.11. The first-order chi connectivity index (χ1) is 14.0. The monoisotopic (exact) mass is 415 g/mol. The SMILES string of the molecule is CCCN(CC(=O)N1CC(=O)N(c2cccc(C)c2)C1)C(=O)C[C@H](C)CC(C)(C)C. The summed E-state index contributed by atoms with van der Waals surface area (Å²) in [7, 11) is 0. The van der Waals surface area contributed by atoms with Gasteiger partial charge in [-0.3, -0.25) is 19.3 Å². The molecule has 0 radical (unpaired) electrons. The number of nitrogens with zero attached hydrogens (tertiary/aromatic N) is 3. The molecule has 166 valence electrons. The predicted molar refractivity (Wildman–Crippen MR) is 120 cm³/mol. The van der Waals surface area contributed by atoms with Gasteiger partial charge in [0.1, 0.15) is 13.2 Å². The fourth-order valence-corrected chi connectivity index (χ4v) is 4.11. The third-order valence-electron chi connectivity index (χ3n) is 5.26. The second-order valence-corrected chi connectivity index (χ2v) is 9.78. The van der Waals surface area contributed by atoms with Crippen LogP contribution in [0.5, 0.6) is 0 Å². The Morgan fingerprint density at radius 3 is 2.53 bits per heavy atom. The third kappa shape index (κ3) is 6.85. The first-order valence-electron chi connectivity index (χ1n) is 10.9. The van der Waals surface area contributed by atoms with Crippen molar-refractivity contribution >= 4 is 23.4 Å². The van der Waals surface area contributed by atoms with Gasteiger partial charge in [0.2, 0.25) is 17.7 Å². The van der Waals surface area contributed by atoms with Crippen LogP contribution in [0.1, 0.15) is 59.4 Å². The summed E-state index contributed by atoms with van der Waals surface area (Å²) in [5, 5.41) is 0. The van der Waals surface area contributed by atoms with Gasteiger partial charge in [-0.2, -0.15) is 0 Å². The Bertz CT molecular complexity index is 769. The minimum absolute atomic E-state index is 0.0167. The highest BCUT2D eigenvalue weighted by Gasteiger charge is 2.33. The van der Waals surface area contributed by atoms with Gasteiger partial charge in [0.05, 0.1) is 6.54 Å². The summed E-state index contributed by atoms with van der Waals surface area (Å²) >= 11 is 0. The van der Waals surface area contributed by atoms with Crippen LogP contribution in [0.3, 0.4) is 0 Å². The number of carbonyl (C=O) groups is 3. The summed E-state index contributed by atoms with van der Waals surface area (Å²) in [4.78, 5) is 43.0. The van der Waals surface area contributed by atoms with Crippen molar-refractivity contribution in [2.75, 3.05) is 31.2 Å². The van der Waals surface area contributed by atoms with Gasteiger partial charge in [0, 0.05) is 18.7 Å². The van der Waals surface area contributed by atoms with Crippen LogP contribution in [0, 0.1) is 18.3 Å². The maximum Gasteiger partial charge on any atom is 0.248 e. The average Bonchev–Trinajstić information content (AvgIpc) is 3.01. The lowest BCUT2D eigenvalue weighted by Gasteiger charge is -2.27. The largest absolute Gasteiger partial charge is 0.333 e. The molecule has 0 aliphatic carbocycles. The second-order valence-electron chi connectivity index (χ2n) is 9.78. The van der Waals surface area contributed by atoms with Gasteiger partial charge < -0.3 is 9.80 Å². The molecule has 1 saturated heterocycles. The minimum Gasteiger partial charge on any atom is -0.333 e. The van der Waals surface area contributed by atoms with Crippen molar-refractivity contribution in [1.82, 2.24) is 9.80 Å². The van der Waals surface area contributed by atoms with Crippen LogP contribution in [-0.4, -0.2) is 53.8 Å². The summed E-state index contributed by atoms with van der Waals surface area (Å²) in [5.74, 6) is 0.00467. The van der Waals surface area contributed by atoms with Gasteiger partial charge in [-0.25, -0.2) is 0 Å². The number of benzene rings is 1. The van der Waals surface area contributed by atoms with Crippen LogP contribution >= 0.6 is 0 Å².